The van der Waals surface area contributed by atoms with Gasteiger partial charge in [-0.25, -0.2) is 0 Å². The molecule has 0 saturated carbocycles. The molecule has 1 aromatic heterocycles. The van der Waals surface area contributed by atoms with Crippen LogP contribution in [-0.4, -0.2) is 27.4 Å². The second-order valence-corrected chi connectivity index (χ2v) is 9.64. The van der Waals surface area contributed by atoms with Crippen LogP contribution < -0.4 is 0 Å². The summed E-state index contributed by atoms with van der Waals surface area (Å²) in [7, 11) is 0. The summed E-state index contributed by atoms with van der Waals surface area (Å²) < 4.78 is 0. The zero-order valence-electron chi connectivity index (χ0n) is 19.2. The molecule has 0 aliphatic heterocycles. The van der Waals surface area contributed by atoms with Gasteiger partial charge in [0.1, 0.15) is 10.6 Å². The van der Waals surface area contributed by atoms with Gasteiger partial charge in [-0.05, 0) is 24.3 Å². The van der Waals surface area contributed by atoms with Crippen molar-refractivity contribution in [3.05, 3.63) is 34.5 Å². The second kappa shape index (κ2) is 15.2. The highest BCUT2D eigenvalue weighted by Gasteiger charge is 2.33. The van der Waals surface area contributed by atoms with Crippen LogP contribution in [0.4, 0.5) is 0 Å². The number of aliphatic hydroxyl groups is 1. The number of aliphatic hydroxyl groups excluding tert-OH is 1. The minimum absolute atomic E-state index is 0.147. The van der Waals surface area contributed by atoms with E-state index in [-0.39, 0.29) is 21.9 Å². The zero-order chi connectivity index (χ0) is 22.3. The van der Waals surface area contributed by atoms with Gasteiger partial charge in [-0.15, -0.1) is 11.8 Å². The van der Waals surface area contributed by atoms with Crippen molar-refractivity contribution < 1.29 is 14.7 Å². The number of pyridine rings is 1. The molecule has 1 N–H and O–H groups in total. The third-order valence-corrected chi connectivity index (χ3v) is 7.06. The summed E-state index contributed by atoms with van der Waals surface area (Å²) in [6.07, 6.45) is 21.3. The van der Waals surface area contributed by atoms with Crippen molar-refractivity contribution in [3.8, 4) is 0 Å². The largest absolute Gasteiger partial charge is 0.504 e. The van der Waals surface area contributed by atoms with Crippen LogP contribution in [0.25, 0.3) is 5.76 Å². The molecule has 1 aliphatic rings. The Balaban J connectivity index is 1.48. The highest BCUT2D eigenvalue weighted by molar-refractivity contribution is 8.04. The summed E-state index contributed by atoms with van der Waals surface area (Å²) in [5, 5.41) is 10.4. The summed E-state index contributed by atoms with van der Waals surface area (Å²) in [4.78, 5) is 28.7. The van der Waals surface area contributed by atoms with Crippen LogP contribution in [0, 0.1) is 0 Å². The van der Waals surface area contributed by atoms with Crippen LogP contribution >= 0.6 is 11.8 Å². The highest BCUT2D eigenvalue weighted by atomic mass is 32.2. The molecule has 4 nitrogen and oxygen atoms in total. The van der Waals surface area contributed by atoms with E-state index in [2.05, 4.69) is 11.9 Å². The number of hydrogen-bond acceptors (Lipinski definition) is 5. The Bertz CT molecular complexity index is 729. The number of fused-ring (bicyclic) bond motifs is 1. The maximum absolute atomic E-state index is 12.3. The van der Waals surface area contributed by atoms with E-state index in [1.807, 2.05) is 0 Å². The summed E-state index contributed by atoms with van der Waals surface area (Å²) in [6.45, 7) is 2.27. The van der Waals surface area contributed by atoms with E-state index < -0.39 is 11.6 Å². The van der Waals surface area contributed by atoms with Gasteiger partial charge < -0.3 is 5.11 Å². The standard InChI is InChI=1S/C26H39NO3S/c1-2-3-4-5-6-7-8-9-10-11-12-13-14-15-16-20-31-26-24(29)22-21(18-17-19-27-22)23(28)25(26)30/h17-19,29H,2-16,20H2,1H3. The Labute approximate surface area is 192 Å². The van der Waals surface area contributed by atoms with E-state index in [4.69, 9.17) is 0 Å². The molecule has 0 amide bonds. The van der Waals surface area contributed by atoms with Gasteiger partial charge in [-0.2, -0.15) is 0 Å². The van der Waals surface area contributed by atoms with Gasteiger partial charge in [0.25, 0.3) is 0 Å². The van der Waals surface area contributed by atoms with Gasteiger partial charge in [0.15, 0.2) is 5.76 Å². The number of aromatic nitrogens is 1. The quantitative estimate of drug-likeness (QED) is 0.197. The lowest BCUT2D eigenvalue weighted by molar-refractivity contribution is -0.111. The number of rotatable bonds is 17. The number of carbonyl (C=O) groups is 2. The molecule has 172 valence electrons. The van der Waals surface area contributed by atoms with Gasteiger partial charge in [0.2, 0.25) is 11.6 Å². The fraction of sp³-hybridized carbons (Fsp3) is 0.654. The number of Topliss-reactive ketones (excluding diaryl/α,β-unsaturated/α-hetero) is 2. The van der Waals surface area contributed by atoms with Gasteiger partial charge in [0, 0.05) is 6.20 Å². The van der Waals surface area contributed by atoms with Gasteiger partial charge in [0.05, 0.1) is 5.56 Å². The third kappa shape index (κ3) is 8.80. The van der Waals surface area contributed by atoms with E-state index in [0.717, 1.165) is 18.6 Å². The number of ketones is 2. The first kappa shape index (κ1) is 25.6. The fourth-order valence-electron chi connectivity index (χ4n) is 4.00. The van der Waals surface area contributed by atoms with Crippen LogP contribution in [0.5, 0.6) is 0 Å². The Hall–Kier alpha value is -1.62. The van der Waals surface area contributed by atoms with Gasteiger partial charge >= 0.3 is 0 Å². The average Bonchev–Trinajstić information content (AvgIpc) is 2.79. The molecule has 0 atom stereocenters. The van der Waals surface area contributed by atoms with Crippen molar-refractivity contribution in [2.24, 2.45) is 0 Å². The lowest BCUT2D eigenvalue weighted by Gasteiger charge is -2.16. The van der Waals surface area contributed by atoms with Crippen molar-refractivity contribution >= 4 is 29.1 Å². The first-order chi connectivity index (χ1) is 15.2. The Morgan fingerprint density at radius 2 is 1.29 bits per heavy atom. The Morgan fingerprint density at radius 3 is 1.84 bits per heavy atom. The minimum atomic E-state index is -0.607. The van der Waals surface area contributed by atoms with Crippen LogP contribution in [0.3, 0.4) is 0 Å². The molecular formula is C26H39NO3S. The molecule has 0 aromatic carbocycles. The van der Waals surface area contributed by atoms with Crippen LogP contribution in [0.15, 0.2) is 23.2 Å². The lowest BCUT2D eigenvalue weighted by Crippen LogP contribution is -2.23. The van der Waals surface area contributed by atoms with E-state index >= 15 is 0 Å². The maximum atomic E-state index is 12.3. The molecule has 1 heterocycles. The predicted molar refractivity (Wildman–Crippen MR) is 131 cm³/mol. The predicted octanol–water partition coefficient (Wildman–Crippen LogP) is 7.68. The number of hydrogen-bond donors (Lipinski definition) is 1. The topological polar surface area (TPSA) is 67.3 Å². The first-order valence-electron chi connectivity index (χ1n) is 12.3. The zero-order valence-corrected chi connectivity index (χ0v) is 20.0. The monoisotopic (exact) mass is 445 g/mol. The number of allylic oxidation sites excluding steroid dienone is 1. The van der Waals surface area contributed by atoms with Crippen LogP contribution in [0.1, 0.15) is 119 Å². The number of carbonyl (C=O) groups excluding carboxylic acids is 2. The summed E-state index contributed by atoms with van der Waals surface area (Å²) in [5.41, 5.74) is 0.424. The molecular weight excluding hydrogens is 406 g/mol. The molecule has 0 saturated heterocycles. The summed E-state index contributed by atoms with van der Waals surface area (Å²) in [6, 6.07) is 3.14. The van der Waals surface area contributed by atoms with E-state index in [1.165, 1.54) is 107 Å². The van der Waals surface area contributed by atoms with E-state index in [1.54, 1.807) is 6.07 Å². The van der Waals surface area contributed by atoms with Gasteiger partial charge in [-0.3, -0.25) is 14.6 Å². The molecule has 5 heteroatoms. The second-order valence-electron chi connectivity index (χ2n) is 8.53. The van der Waals surface area contributed by atoms with Crippen molar-refractivity contribution in [1.82, 2.24) is 4.98 Å². The maximum Gasteiger partial charge on any atom is 0.243 e. The Morgan fingerprint density at radius 1 is 0.774 bits per heavy atom. The SMILES string of the molecule is CCCCCCCCCCCCCCCCCSC1=C(O)c2ncccc2C(=O)C1=O. The highest BCUT2D eigenvalue weighted by Crippen LogP contribution is 2.33. The summed E-state index contributed by atoms with van der Waals surface area (Å²) >= 11 is 1.29. The average molecular weight is 446 g/mol. The smallest absolute Gasteiger partial charge is 0.243 e. The van der Waals surface area contributed by atoms with Crippen LogP contribution in [-0.2, 0) is 4.79 Å². The minimum Gasteiger partial charge on any atom is -0.504 e. The molecule has 1 aliphatic carbocycles. The number of thioether (sulfide) groups is 1. The third-order valence-electron chi connectivity index (χ3n) is 5.90. The van der Waals surface area contributed by atoms with Crippen molar-refractivity contribution in [2.45, 2.75) is 103 Å². The molecule has 0 bridgehead atoms. The van der Waals surface area contributed by atoms with Crippen molar-refractivity contribution in [3.63, 3.8) is 0 Å². The van der Waals surface area contributed by atoms with E-state index in [9.17, 15) is 14.7 Å². The van der Waals surface area contributed by atoms with Crippen molar-refractivity contribution in [1.29, 1.82) is 0 Å². The normalized spacial score (nSPS) is 13.7. The lowest BCUT2D eigenvalue weighted by atomic mass is 9.98. The molecule has 2 rings (SSSR count). The molecule has 0 radical (unpaired) electrons. The molecule has 1 aromatic rings. The first-order valence-corrected chi connectivity index (χ1v) is 13.3. The van der Waals surface area contributed by atoms with Crippen LogP contribution in [0.2, 0.25) is 0 Å². The molecule has 0 unspecified atom stereocenters. The summed E-state index contributed by atoms with van der Waals surface area (Å²) in [5.74, 6) is -0.589. The number of unbranched alkanes of at least 4 members (excludes halogenated alkanes) is 14. The molecule has 31 heavy (non-hydrogen) atoms. The molecule has 0 spiro atoms. The fourth-order valence-corrected chi connectivity index (χ4v) is 5.01. The van der Waals surface area contributed by atoms with Gasteiger partial charge in [-0.1, -0.05) is 96.8 Å². The van der Waals surface area contributed by atoms with E-state index in [0.29, 0.717) is 0 Å². The molecule has 0 fully saturated rings. The number of nitrogens with zero attached hydrogens (tertiary/aromatic N) is 1. The van der Waals surface area contributed by atoms with Crippen molar-refractivity contribution in [2.75, 3.05) is 5.75 Å². The Kier molecular flexibility index (Phi) is 12.6.